The maximum Gasteiger partial charge on any atom is 0.509 e. The number of carbonyl (C=O) groups is 2. The topological polar surface area (TPSA) is 52.6 Å². The molecule has 0 aliphatic carbocycles. The Labute approximate surface area is 90.9 Å². The molecule has 0 rings (SSSR count). The minimum atomic E-state index is -0.782. The van der Waals surface area contributed by atoms with Crippen LogP contribution in [0.2, 0.25) is 0 Å². The van der Waals surface area contributed by atoms with Crippen LogP contribution in [0.15, 0.2) is 0 Å². The molecule has 0 bridgehead atoms. The zero-order valence-corrected chi connectivity index (χ0v) is 9.91. The summed E-state index contributed by atoms with van der Waals surface area (Å²) in [6, 6.07) is 0. The number of ether oxygens (including phenoxy) is 2. The van der Waals surface area contributed by atoms with Crippen molar-refractivity contribution in [3.05, 3.63) is 0 Å². The van der Waals surface area contributed by atoms with Crippen molar-refractivity contribution >= 4 is 12.4 Å². The van der Waals surface area contributed by atoms with Gasteiger partial charge in [-0.2, -0.15) is 0 Å². The first kappa shape index (κ1) is 13.9. The van der Waals surface area contributed by atoms with Gasteiger partial charge in [-0.3, -0.25) is 4.79 Å². The lowest BCUT2D eigenvalue weighted by molar-refractivity contribution is -0.118. The van der Waals surface area contributed by atoms with Gasteiger partial charge in [-0.05, 0) is 33.6 Å². The standard InChI is InChI=1S/C11H20O4/c1-5-6-7-9(8-12)14-10(13)15-11(2,3)4/h8-9H,5-7H2,1-4H3/t9-/m0/s1. The van der Waals surface area contributed by atoms with E-state index in [0.717, 1.165) is 12.8 Å². The van der Waals surface area contributed by atoms with E-state index in [0.29, 0.717) is 12.7 Å². The van der Waals surface area contributed by atoms with Gasteiger partial charge in [-0.15, -0.1) is 0 Å². The van der Waals surface area contributed by atoms with E-state index in [9.17, 15) is 9.59 Å². The van der Waals surface area contributed by atoms with Gasteiger partial charge in [-0.1, -0.05) is 13.3 Å². The largest absolute Gasteiger partial charge is 0.509 e. The van der Waals surface area contributed by atoms with Crippen molar-refractivity contribution in [3.63, 3.8) is 0 Å². The number of unbranched alkanes of at least 4 members (excludes halogenated alkanes) is 1. The summed E-state index contributed by atoms with van der Waals surface area (Å²) in [5, 5.41) is 0. The number of carbonyl (C=O) groups excluding carboxylic acids is 2. The minimum Gasteiger partial charge on any atom is -0.429 e. The van der Waals surface area contributed by atoms with E-state index < -0.39 is 17.9 Å². The van der Waals surface area contributed by atoms with Crippen LogP contribution in [0, 0.1) is 0 Å². The number of hydrogen-bond acceptors (Lipinski definition) is 4. The third-order valence-corrected chi connectivity index (χ3v) is 1.63. The van der Waals surface area contributed by atoms with Crippen LogP contribution in [0.4, 0.5) is 4.79 Å². The molecule has 15 heavy (non-hydrogen) atoms. The highest BCUT2D eigenvalue weighted by Crippen LogP contribution is 2.10. The van der Waals surface area contributed by atoms with Crippen molar-refractivity contribution < 1.29 is 19.1 Å². The van der Waals surface area contributed by atoms with Crippen LogP contribution in [-0.4, -0.2) is 24.1 Å². The Morgan fingerprint density at radius 3 is 2.40 bits per heavy atom. The van der Waals surface area contributed by atoms with E-state index in [4.69, 9.17) is 9.47 Å². The summed E-state index contributed by atoms with van der Waals surface area (Å²) < 4.78 is 9.78. The van der Waals surface area contributed by atoms with E-state index in [1.807, 2.05) is 6.92 Å². The van der Waals surface area contributed by atoms with Gasteiger partial charge in [0, 0.05) is 0 Å². The molecule has 0 spiro atoms. The van der Waals surface area contributed by atoms with Crippen LogP contribution >= 0.6 is 0 Å². The highest BCUT2D eigenvalue weighted by atomic mass is 16.7. The monoisotopic (exact) mass is 216 g/mol. The van der Waals surface area contributed by atoms with Crippen molar-refractivity contribution in [2.24, 2.45) is 0 Å². The van der Waals surface area contributed by atoms with Gasteiger partial charge in [0.05, 0.1) is 0 Å². The molecule has 1 atom stereocenters. The molecule has 4 nitrogen and oxygen atoms in total. The van der Waals surface area contributed by atoms with Crippen molar-refractivity contribution in [1.82, 2.24) is 0 Å². The molecule has 0 aliphatic rings. The fourth-order valence-corrected chi connectivity index (χ4v) is 0.958. The first-order valence-corrected chi connectivity index (χ1v) is 5.24. The molecule has 4 heteroatoms. The number of hydrogen-bond donors (Lipinski definition) is 0. The van der Waals surface area contributed by atoms with Crippen molar-refractivity contribution in [2.45, 2.75) is 58.7 Å². The predicted octanol–water partition coefficient (Wildman–Crippen LogP) is 2.70. The molecular weight excluding hydrogens is 196 g/mol. The fourth-order valence-electron chi connectivity index (χ4n) is 0.958. The van der Waals surface area contributed by atoms with Crippen LogP contribution in [0.3, 0.4) is 0 Å². The Morgan fingerprint density at radius 2 is 2.00 bits per heavy atom. The second-order valence-corrected chi connectivity index (χ2v) is 4.40. The molecule has 0 amide bonds. The Kier molecular flexibility index (Phi) is 5.97. The highest BCUT2D eigenvalue weighted by Gasteiger charge is 2.20. The second-order valence-electron chi connectivity index (χ2n) is 4.40. The van der Waals surface area contributed by atoms with Gasteiger partial charge in [0.25, 0.3) is 0 Å². The summed E-state index contributed by atoms with van der Waals surface area (Å²) in [6.07, 6.45) is 1.54. The molecule has 0 saturated carbocycles. The Morgan fingerprint density at radius 1 is 1.40 bits per heavy atom. The molecule has 0 aromatic heterocycles. The fraction of sp³-hybridized carbons (Fsp3) is 0.818. The average molecular weight is 216 g/mol. The van der Waals surface area contributed by atoms with Crippen LogP contribution in [0.25, 0.3) is 0 Å². The van der Waals surface area contributed by atoms with Crippen molar-refractivity contribution in [2.75, 3.05) is 0 Å². The quantitative estimate of drug-likeness (QED) is 0.523. The molecule has 0 fully saturated rings. The summed E-state index contributed by atoms with van der Waals surface area (Å²) in [6.45, 7) is 7.25. The molecule has 0 heterocycles. The SMILES string of the molecule is CCCC[C@@H](C=O)OC(=O)OC(C)(C)C. The van der Waals surface area contributed by atoms with Gasteiger partial charge in [0.2, 0.25) is 0 Å². The lowest BCUT2D eigenvalue weighted by Gasteiger charge is -2.20. The lowest BCUT2D eigenvalue weighted by Crippen LogP contribution is -2.28. The number of aldehydes is 1. The van der Waals surface area contributed by atoms with Crippen molar-refractivity contribution in [3.8, 4) is 0 Å². The molecule has 0 aromatic rings. The third-order valence-electron chi connectivity index (χ3n) is 1.63. The van der Waals surface area contributed by atoms with Crippen LogP contribution in [-0.2, 0) is 14.3 Å². The van der Waals surface area contributed by atoms with Gasteiger partial charge >= 0.3 is 6.16 Å². The zero-order chi connectivity index (χ0) is 11.9. The normalized spacial score (nSPS) is 13.1. The Bertz CT molecular complexity index is 205. The average Bonchev–Trinajstić information content (AvgIpc) is 2.09. The molecule has 0 saturated heterocycles. The zero-order valence-electron chi connectivity index (χ0n) is 9.91. The molecule has 88 valence electrons. The van der Waals surface area contributed by atoms with Gasteiger partial charge in [0.15, 0.2) is 12.4 Å². The minimum absolute atomic E-state index is 0.555. The Hall–Kier alpha value is -1.06. The van der Waals surface area contributed by atoms with Gasteiger partial charge in [0.1, 0.15) is 5.60 Å². The smallest absolute Gasteiger partial charge is 0.429 e. The lowest BCUT2D eigenvalue weighted by atomic mass is 10.2. The van der Waals surface area contributed by atoms with E-state index in [1.165, 1.54) is 0 Å². The maximum absolute atomic E-state index is 11.2. The Balaban J connectivity index is 3.96. The first-order chi connectivity index (χ1) is 6.89. The third kappa shape index (κ3) is 7.97. The maximum atomic E-state index is 11.2. The summed E-state index contributed by atoms with van der Waals surface area (Å²) in [5.41, 5.74) is -0.588. The van der Waals surface area contributed by atoms with Crippen molar-refractivity contribution in [1.29, 1.82) is 0 Å². The van der Waals surface area contributed by atoms with E-state index >= 15 is 0 Å². The highest BCUT2D eigenvalue weighted by molar-refractivity contribution is 5.66. The molecule has 0 aromatic carbocycles. The first-order valence-electron chi connectivity index (χ1n) is 5.24. The van der Waals surface area contributed by atoms with Gasteiger partial charge in [-0.25, -0.2) is 4.79 Å². The van der Waals surface area contributed by atoms with Crippen LogP contribution < -0.4 is 0 Å². The molecule has 0 N–H and O–H groups in total. The van der Waals surface area contributed by atoms with Gasteiger partial charge < -0.3 is 9.47 Å². The van der Waals surface area contributed by atoms with E-state index in [2.05, 4.69) is 0 Å². The second kappa shape index (κ2) is 6.43. The van der Waals surface area contributed by atoms with E-state index in [-0.39, 0.29) is 0 Å². The molecule has 0 unspecified atom stereocenters. The van der Waals surface area contributed by atoms with Crippen LogP contribution in [0.1, 0.15) is 47.0 Å². The van der Waals surface area contributed by atoms with E-state index in [1.54, 1.807) is 20.8 Å². The summed E-state index contributed by atoms with van der Waals surface area (Å²) in [5.74, 6) is 0. The predicted molar refractivity (Wildman–Crippen MR) is 56.7 cm³/mol. The molecular formula is C11H20O4. The van der Waals surface area contributed by atoms with Crippen LogP contribution in [0.5, 0.6) is 0 Å². The summed E-state index contributed by atoms with van der Waals surface area (Å²) >= 11 is 0. The summed E-state index contributed by atoms with van der Waals surface area (Å²) in [7, 11) is 0. The summed E-state index contributed by atoms with van der Waals surface area (Å²) in [4.78, 5) is 21.8. The molecule has 0 radical (unpaired) electrons. The molecule has 0 aliphatic heterocycles. The number of rotatable bonds is 5.